The maximum Gasteiger partial charge on any atom is 0.327 e. The van der Waals surface area contributed by atoms with Crippen LogP contribution in [-0.2, 0) is 19.4 Å². The van der Waals surface area contributed by atoms with Gasteiger partial charge in [-0.3, -0.25) is 4.79 Å². The van der Waals surface area contributed by atoms with Crippen molar-refractivity contribution in [3.05, 3.63) is 35.9 Å². The lowest BCUT2D eigenvalue weighted by molar-refractivity contribution is -0.145. The summed E-state index contributed by atoms with van der Waals surface area (Å²) in [5.74, 6) is -0.191. The summed E-state index contributed by atoms with van der Waals surface area (Å²) in [7, 11) is -2.42. The lowest BCUT2D eigenvalue weighted by Crippen LogP contribution is -2.45. The van der Waals surface area contributed by atoms with E-state index in [1.807, 2.05) is 0 Å². The molecule has 6 heteroatoms. The second kappa shape index (κ2) is 7.64. The average molecular weight is 340 g/mol. The van der Waals surface area contributed by atoms with E-state index in [2.05, 4.69) is 0 Å². The molecule has 0 spiro atoms. The molecular formula is C17H24O5S. The Morgan fingerprint density at radius 2 is 1.83 bits per heavy atom. The van der Waals surface area contributed by atoms with E-state index in [0.29, 0.717) is 5.75 Å². The fraction of sp³-hybridized carbons (Fsp3) is 0.471. The smallest absolute Gasteiger partial charge is 0.327 e. The highest BCUT2D eigenvalue weighted by molar-refractivity contribution is 7.93. The summed E-state index contributed by atoms with van der Waals surface area (Å²) in [5, 5.41) is 0. The number of carbonyl (C=O) groups is 1. The van der Waals surface area contributed by atoms with Crippen LogP contribution in [-0.4, -0.2) is 32.9 Å². The highest BCUT2D eigenvalue weighted by atomic mass is 32.2. The van der Waals surface area contributed by atoms with Crippen molar-refractivity contribution in [2.24, 2.45) is 0 Å². The minimum absolute atomic E-state index is 0.0674. The average Bonchev–Trinajstić information content (AvgIpc) is 2.54. The molecule has 0 fully saturated rings. The molecule has 0 radical (unpaired) electrons. The van der Waals surface area contributed by atoms with Gasteiger partial charge in [0.15, 0.2) is 14.6 Å². The third-order valence-corrected chi connectivity index (χ3v) is 6.17. The van der Waals surface area contributed by atoms with E-state index in [9.17, 15) is 13.2 Å². The van der Waals surface area contributed by atoms with Gasteiger partial charge < -0.3 is 9.47 Å². The first-order valence-electron chi connectivity index (χ1n) is 7.40. The van der Waals surface area contributed by atoms with E-state index in [4.69, 9.17) is 9.47 Å². The van der Waals surface area contributed by atoms with Crippen molar-refractivity contribution in [1.82, 2.24) is 0 Å². The van der Waals surface area contributed by atoms with Gasteiger partial charge in [0.25, 0.3) is 0 Å². The summed E-state index contributed by atoms with van der Waals surface area (Å²) in [6.07, 6.45) is 1.87. The number of esters is 1. The van der Waals surface area contributed by atoms with Gasteiger partial charge in [0.2, 0.25) is 0 Å². The zero-order chi connectivity index (χ0) is 17.7. The van der Waals surface area contributed by atoms with Crippen LogP contribution in [0.1, 0.15) is 34.1 Å². The van der Waals surface area contributed by atoms with Gasteiger partial charge in [-0.2, -0.15) is 0 Å². The summed E-state index contributed by atoms with van der Waals surface area (Å²) in [6.45, 7) is 6.79. The molecule has 0 saturated heterocycles. The normalized spacial score (nSPS) is 14.9. The highest BCUT2D eigenvalue weighted by Gasteiger charge is 2.48. The molecule has 1 unspecified atom stereocenters. The Morgan fingerprint density at radius 1 is 1.26 bits per heavy atom. The molecule has 0 bridgehead atoms. The van der Waals surface area contributed by atoms with E-state index >= 15 is 0 Å². The minimum Gasteiger partial charge on any atom is -0.497 e. The van der Waals surface area contributed by atoms with Gasteiger partial charge in [0.05, 0.1) is 18.6 Å². The quantitative estimate of drug-likeness (QED) is 0.563. The zero-order valence-electron chi connectivity index (χ0n) is 14.3. The van der Waals surface area contributed by atoms with Crippen molar-refractivity contribution >= 4 is 15.8 Å². The van der Waals surface area contributed by atoms with Gasteiger partial charge in [-0.15, -0.1) is 0 Å². The second-order valence-corrected chi connectivity index (χ2v) is 7.82. The number of hydrogen-bond donors (Lipinski definition) is 0. The van der Waals surface area contributed by atoms with Crippen LogP contribution >= 0.6 is 0 Å². The molecule has 1 rings (SSSR count). The molecule has 0 saturated carbocycles. The molecule has 0 N–H and O–H groups in total. The Balaban J connectivity index is 3.40. The van der Waals surface area contributed by atoms with Crippen molar-refractivity contribution in [2.45, 2.75) is 43.8 Å². The summed E-state index contributed by atoms with van der Waals surface area (Å²) in [6, 6.07) is 6.00. The number of benzene rings is 1. The maximum atomic E-state index is 13.1. The first-order chi connectivity index (χ1) is 10.7. The fourth-order valence-electron chi connectivity index (χ4n) is 2.21. The Morgan fingerprint density at radius 3 is 2.26 bits per heavy atom. The van der Waals surface area contributed by atoms with Crippen molar-refractivity contribution in [3.63, 3.8) is 0 Å². The predicted octanol–water partition coefficient (Wildman–Crippen LogP) is 3.15. The van der Waals surface area contributed by atoms with Gasteiger partial charge >= 0.3 is 5.97 Å². The SMILES string of the molecule is CC=C(C)CC(C)(C(=O)OCC)S(=O)(=O)c1ccc(OC)cc1. The molecule has 0 aliphatic rings. The Bertz CT molecular complexity index is 673. The number of methoxy groups -OCH3 is 1. The van der Waals surface area contributed by atoms with E-state index in [1.165, 1.54) is 26.2 Å². The van der Waals surface area contributed by atoms with Crippen LogP contribution in [0, 0.1) is 0 Å². The van der Waals surface area contributed by atoms with Crippen LogP contribution < -0.4 is 4.74 Å². The Kier molecular flexibility index (Phi) is 6.38. The standard InChI is InChI=1S/C17H24O5S/c1-6-13(3)12-17(4,16(18)22-7-2)23(19,20)15-10-8-14(21-5)9-11-15/h6,8-11H,7,12H2,1-5H3. The van der Waals surface area contributed by atoms with Gasteiger partial charge in [-0.05, 0) is 58.4 Å². The second-order valence-electron chi connectivity index (χ2n) is 5.44. The van der Waals surface area contributed by atoms with Gasteiger partial charge in [-0.1, -0.05) is 11.6 Å². The number of hydrogen-bond acceptors (Lipinski definition) is 5. The molecule has 5 nitrogen and oxygen atoms in total. The lowest BCUT2D eigenvalue weighted by atomic mass is 10.0. The molecule has 0 aliphatic heterocycles. The van der Waals surface area contributed by atoms with Gasteiger partial charge in [0, 0.05) is 0 Å². The molecule has 0 heterocycles. The van der Waals surface area contributed by atoms with E-state index < -0.39 is 20.6 Å². The summed E-state index contributed by atoms with van der Waals surface area (Å²) in [4.78, 5) is 12.5. The number of sulfone groups is 1. The molecule has 0 aliphatic carbocycles. The Hall–Kier alpha value is -1.82. The number of carbonyl (C=O) groups excluding carboxylic acids is 1. The van der Waals surface area contributed by atoms with Crippen LogP contribution in [0.5, 0.6) is 5.75 Å². The molecule has 1 atom stereocenters. The molecule has 128 valence electrons. The van der Waals surface area contributed by atoms with Crippen LogP contribution in [0.3, 0.4) is 0 Å². The first-order valence-corrected chi connectivity index (χ1v) is 8.89. The van der Waals surface area contributed by atoms with Crippen LogP contribution in [0.25, 0.3) is 0 Å². The molecule has 0 aromatic heterocycles. The van der Waals surface area contributed by atoms with E-state index in [-0.39, 0.29) is 17.9 Å². The molecule has 23 heavy (non-hydrogen) atoms. The van der Waals surface area contributed by atoms with Gasteiger partial charge in [0.1, 0.15) is 5.75 Å². The lowest BCUT2D eigenvalue weighted by Gasteiger charge is -2.27. The minimum atomic E-state index is -3.92. The number of allylic oxidation sites excluding steroid dienone is 2. The van der Waals surface area contributed by atoms with E-state index in [1.54, 1.807) is 39.0 Å². The van der Waals surface area contributed by atoms with Crippen molar-refractivity contribution in [1.29, 1.82) is 0 Å². The van der Waals surface area contributed by atoms with Crippen LogP contribution in [0.15, 0.2) is 40.8 Å². The predicted molar refractivity (Wildman–Crippen MR) is 89.3 cm³/mol. The number of rotatable bonds is 7. The Labute approximate surface area is 138 Å². The first kappa shape index (κ1) is 19.2. The van der Waals surface area contributed by atoms with Crippen LogP contribution in [0.2, 0.25) is 0 Å². The summed E-state index contributed by atoms with van der Waals surface area (Å²) >= 11 is 0. The van der Waals surface area contributed by atoms with Crippen molar-refractivity contribution in [3.8, 4) is 5.75 Å². The van der Waals surface area contributed by atoms with E-state index in [0.717, 1.165) is 5.57 Å². The largest absolute Gasteiger partial charge is 0.497 e. The molecule has 1 aromatic carbocycles. The summed E-state index contributed by atoms with van der Waals surface area (Å²) < 4.78 is 34.5. The zero-order valence-corrected chi connectivity index (χ0v) is 15.1. The van der Waals surface area contributed by atoms with Crippen molar-refractivity contribution < 1.29 is 22.7 Å². The van der Waals surface area contributed by atoms with Gasteiger partial charge in [-0.25, -0.2) is 8.42 Å². The maximum absolute atomic E-state index is 13.1. The molecule has 0 amide bonds. The third kappa shape index (κ3) is 3.93. The van der Waals surface area contributed by atoms with Crippen molar-refractivity contribution in [2.75, 3.05) is 13.7 Å². The topological polar surface area (TPSA) is 69.7 Å². The molecular weight excluding hydrogens is 316 g/mol. The molecule has 1 aromatic rings. The fourth-order valence-corrected chi connectivity index (χ4v) is 3.92. The van der Waals surface area contributed by atoms with Crippen LogP contribution in [0.4, 0.5) is 0 Å². The summed E-state index contributed by atoms with van der Waals surface area (Å²) in [5.41, 5.74) is 0.803. The monoisotopic (exact) mass is 340 g/mol. The highest BCUT2D eigenvalue weighted by Crippen LogP contribution is 2.33. The number of ether oxygens (including phenoxy) is 2. The third-order valence-electron chi connectivity index (χ3n) is 3.78.